The first-order chi connectivity index (χ1) is 8.22. The summed E-state index contributed by atoms with van der Waals surface area (Å²) in [4.78, 5) is 0. The molecule has 94 valence electrons. The highest BCUT2D eigenvalue weighted by molar-refractivity contribution is 9.10. The molecular formula is C13H18BrNO2. The predicted octanol–water partition coefficient (Wildman–Crippen LogP) is 3.13. The second-order valence-electron chi connectivity index (χ2n) is 3.47. The molecule has 1 rings (SSSR count). The van der Waals surface area contributed by atoms with E-state index < -0.39 is 0 Å². The van der Waals surface area contributed by atoms with Crippen molar-refractivity contribution in [1.82, 2.24) is 5.32 Å². The first-order valence-electron chi connectivity index (χ1n) is 5.53. The van der Waals surface area contributed by atoms with Crippen molar-refractivity contribution in [2.45, 2.75) is 13.5 Å². The van der Waals surface area contributed by atoms with Crippen molar-refractivity contribution < 1.29 is 9.47 Å². The smallest absolute Gasteiger partial charge is 0.162 e. The molecule has 0 aromatic heterocycles. The second kappa shape index (κ2) is 7.35. The molecule has 0 aliphatic rings. The number of ether oxygens (including phenoxy) is 2. The van der Waals surface area contributed by atoms with Crippen molar-refractivity contribution in [3.63, 3.8) is 0 Å². The lowest BCUT2D eigenvalue weighted by Crippen LogP contribution is -2.12. The number of benzene rings is 1. The average molecular weight is 300 g/mol. The Hall–Kier alpha value is -1.00. The van der Waals surface area contributed by atoms with Crippen LogP contribution >= 0.6 is 15.9 Å². The molecule has 0 heterocycles. The van der Waals surface area contributed by atoms with Gasteiger partial charge >= 0.3 is 0 Å². The number of hydrogen-bond acceptors (Lipinski definition) is 3. The SMILES string of the molecule is C=CCOc1cc(Br)c(CNCC)cc1OC. The summed E-state index contributed by atoms with van der Waals surface area (Å²) in [6, 6.07) is 3.90. The molecule has 0 fully saturated rings. The van der Waals surface area contributed by atoms with Crippen LogP contribution in [0.2, 0.25) is 0 Å². The maximum absolute atomic E-state index is 5.52. The van der Waals surface area contributed by atoms with E-state index in [4.69, 9.17) is 9.47 Å². The molecule has 0 spiro atoms. The molecule has 1 aromatic rings. The first-order valence-corrected chi connectivity index (χ1v) is 6.33. The van der Waals surface area contributed by atoms with Crippen LogP contribution in [-0.2, 0) is 6.54 Å². The third kappa shape index (κ3) is 4.06. The number of hydrogen-bond donors (Lipinski definition) is 1. The van der Waals surface area contributed by atoms with Gasteiger partial charge in [-0.2, -0.15) is 0 Å². The number of methoxy groups -OCH3 is 1. The van der Waals surface area contributed by atoms with E-state index in [0.29, 0.717) is 6.61 Å². The van der Waals surface area contributed by atoms with Crippen molar-refractivity contribution >= 4 is 15.9 Å². The van der Waals surface area contributed by atoms with Crippen LogP contribution < -0.4 is 14.8 Å². The monoisotopic (exact) mass is 299 g/mol. The van der Waals surface area contributed by atoms with Gasteiger partial charge in [-0.1, -0.05) is 35.5 Å². The lowest BCUT2D eigenvalue weighted by atomic mass is 10.2. The van der Waals surface area contributed by atoms with E-state index in [0.717, 1.165) is 34.6 Å². The Morgan fingerprint density at radius 3 is 2.76 bits per heavy atom. The summed E-state index contributed by atoms with van der Waals surface area (Å²) < 4.78 is 11.8. The van der Waals surface area contributed by atoms with Gasteiger partial charge in [0.15, 0.2) is 11.5 Å². The Kier molecular flexibility index (Phi) is 6.08. The van der Waals surface area contributed by atoms with E-state index in [9.17, 15) is 0 Å². The van der Waals surface area contributed by atoms with Crippen LogP contribution in [0, 0.1) is 0 Å². The summed E-state index contributed by atoms with van der Waals surface area (Å²) in [5.74, 6) is 1.46. The molecule has 1 N–H and O–H groups in total. The fourth-order valence-electron chi connectivity index (χ4n) is 1.39. The number of halogens is 1. The predicted molar refractivity (Wildman–Crippen MR) is 73.8 cm³/mol. The van der Waals surface area contributed by atoms with Gasteiger partial charge in [0.05, 0.1) is 7.11 Å². The maximum Gasteiger partial charge on any atom is 0.162 e. The molecule has 0 atom stereocenters. The van der Waals surface area contributed by atoms with E-state index in [2.05, 4.69) is 34.7 Å². The normalized spacial score (nSPS) is 10.1. The Bertz CT molecular complexity index is 380. The van der Waals surface area contributed by atoms with Crippen molar-refractivity contribution in [2.75, 3.05) is 20.3 Å². The molecule has 0 saturated carbocycles. The summed E-state index contributed by atoms with van der Waals surface area (Å²) in [5.41, 5.74) is 1.15. The Balaban J connectivity index is 2.93. The number of rotatable bonds is 7. The van der Waals surface area contributed by atoms with Gasteiger partial charge in [-0.05, 0) is 24.2 Å². The zero-order valence-corrected chi connectivity index (χ0v) is 11.8. The molecule has 0 radical (unpaired) electrons. The van der Waals surface area contributed by atoms with Crippen LogP contribution in [0.15, 0.2) is 29.3 Å². The van der Waals surface area contributed by atoms with Gasteiger partial charge in [-0.15, -0.1) is 0 Å². The van der Waals surface area contributed by atoms with Crippen LogP contribution in [0.1, 0.15) is 12.5 Å². The van der Waals surface area contributed by atoms with Crippen LogP contribution in [0.25, 0.3) is 0 Å². The minimum Gasteiger partial charge on any atom is -0.493 e. The van der Waals surface area contributed by atoms with Crippen molar-refractivity contribution in [3.8, 4) is 11.5 Å². The van der Waals surface area contributed by atoms with Gasteiger partial charge in [0, 0.05) is 11.0 Å². The van der Waals surface area contributed by atoms with Gasteiger partial charge in [-0.25, -0.2) is 0 Å². The summed E-state index contributed by atoms with van der Waals surface area (Å²) in [6.45, 7) is 7.90. The van der Waals surface area contributed by atoms with Crippen molar-refractivity contribution in [3.05, 3.63) is 34.8 Å². The maximum atomic E-state index is 5.52. The molecular weight excluding hydrogens is 282 g/mol. The van der Waals surface area contributed by atoms with E-state index in [1.807, 2.05) is 12.1 Å². The minimum absolute atomic E-state index is 0.468. The summed E-state index contributed by atoms with van der Waals surface area (Å²) in [6.07, 6.45) is 1.71. The lowest BCUT2D eigenvalue weighted by molar-refractivity contribution is 0.326. The average Bonchev–Trinajstić information content (AvgIpc) is 2.35. The van der Waals surface area contributed by atoms with Crippen LogP contribution in [0.4, 0.5) is 0 Å². The van der Waals surface area contributed by atoms with Gasteiger partial charge in [-0.3, -0.25) is 0 Å². The Morgan fingerprint density at radius 2 is 2.18 bits per heavy atom. The van der Waals surface area contributed by atoms with Gasteiger partial charge in [0.1, 0.15) is 6.61 Å². The van der Waals surface area contributed by atoms with Crippen LogP contribution in [0.3, 0.4) is 0 Å². The molecule has 0 unspecified atom stereocenters. The second-order valence-corrected chi connectivity index (χ2v) is 4.33. The van der Waals surface area contributed by atoms with Gasteiger partial charge in [0.2, 0.25) is 0 Å². The van der Waals surface area contributed by atoms with E-state index in [1.165, 1.54) is 0 Å². The van der Waals surface area contributed by atoms with Crippen LogP contribution in [-0.4, -0.2) is 20.3 Å². The lowest BCUT2D eigenvalue weighted by Gasteiger charge is -2.13. The highest BCUT2D eigenvalue weighted by Crippen LogP contribution is 2.33. The first kappa shape index (κ1) is 14.1. The van der Waals surface area contributed by atoms with E-state index >= 15 is 0 Å². The van der Waals surface area contributed by atoms with Gasteiger partial charge < -0.3 is 14.8 Å². The molecule has 0 aliphatic carbocycles. The third-order valence-corrected chi connectivity index (χ3v) is 2.99. The van der Waals surface area contributed by atoms with Crippen molar-refractivity contribution in [1.29, 1.82) is 0 Å². The van der Waals surface area contributed by atoms with Crippen LogP contribution in [0.5, 0.6) is 11.5 Å². The molecule has 0 bridgehead atoms. The summed E-state index contributed by atoms with van der Waals surface area (Å²) >= 11 is 3.53. The Morgan fingerprint density at radius 1 is 1.41 bits per heavy atom. The summed E-state index contributed by atoms with van der Waals surface area (Å²) in [5, 5.41) is 3.28. The fourth-order valence-corrected chi connectivity index (χ4v) is 1.86. The molecule has 1 aromatic carbocycles. The fraction of sp³-hybridized carbons (Fsp3) is 0.385. The quantitative estimate of drug-likeness (QED) is 0.785. The summed E-state index contributed by atoms with van der Waals surface area (Å²) in [7, 11) is 1.64. The zero-order valence-electron chi connectivity index (χ0n) is 10.3. The van der Waals surface area contributed by atoms with Crippen molar-refractivity contribution in [2.24, 2.45) is 0 Å². The largest absolute Gasteiger partial charge is 0.493 e. The molecule has 0 aliphatic heterocycles. The van der Waals surface area contributed by atoms with Gasteiger partial charge in [0.25, 0.3) is 0 Å². The van der Waals surface area contributed by atoms with E-state index in [-0.39, 0.29) is 0 Å². The zero-order chi connectivity index (χ0) is 12.7. The third-order valence-electron chi connectivity index (χ3n) is 2.25. The molecule has 3 nitrogen and oxygen atoms in total. The Labute approximate surface area is 111 Å². The number of nitrogens with one attached hydrogen (secondary N) is 1. The molecule has 4 heteroatoms. The molecule has 0 saturated heterocycles. The topological polar surface area (TPSA) is 30.5 Å². The minimum atomic E-state index is 0.468. The standard InChI is InChI=1S/C13H18BrNO2/c1-4-6-17-13-8-11(14)10(9-15-5-2)7-12(13)16-3/h4,7-8,15H,1,5-6,9H2,2-3H3. The van der Waals surface area contributed by atoms with E-state index in [1.54, 1.807) is 13.2 Å². The molecule has 0 amide bonds. The highest BCUT2D eigenvalue weighted by atomic mass is 79.9. The highest BCUT2D eigenvalue weighted by Gasteiger charge is 2.09. The molecule has 17 heavy (non-hydrogen) atoms.